The van der Waals surface area contributed by atoms with Crippen molar-refractivity contribution >= 4 is 17.6 Å². The van der Waals surface area contributed by atoms with Crippen molar-refractivity contribution < 1.29 is 9.90 Å². The Bertz CT molecular complexity index is 1240. The Morgan fingerprint density at radius 2 is 1.85 bits per heavy atom. The van der Waals surface area contributed by atoms with Crippen LogP contribution >= 0.6 is 0 Å². The first kappa shape index (κ1) is 23.0. The second-order valence-electron chi connectivity index (χ2n) is 10.0. The van der Waals surface area contributed by atoms with Crippen LogP contribution in [-0.2, 0) is 11.2 Å². The van der Waals surface area contributed by atoms with E-state index in [0.717, 1.165) is 54.4 Å². The van der Waals surface area contributed by atoms with Crippen LogP contribution in [0.4, 0.5) is 0 Å². The molecule has 0 saturated heterocycles. The molecule has 1 aliphatic rings. The molecule has 1 aromatic carbocycles. The van der Waals surface area contributed by atoms with Gasteiger partial charge in [0.2, 0.25) is 0 Å². The Kier molecular flexibility index (Phi) is 6.23. The van der Waals surface area contributed by atoms with Crippen LogP contribution in [0.15, 0.2) is 35.1 Å². The van der Waals surface area contributed by atoms with Crippen molar-refractivity contribution in [3.63, 3.8) is 0 Å². The topological polar surface area (TPSA) is 100 Å². The van der Waals surface area contributed by atoms with E-state index in [4.69, 9.17) is 15.2 Å². The highest BCUT2D eigenvalue weighted by Crippen LogP contribution is 2.43. The van der Waals surface area contributed by atoms with E-state index in [1.54, 1.807) is 16.6 Å². The first-order valence-corrected chi connectivity index (χ1v) is 11.7. The maximum Gasteiger partial charge on any atom is 0.328 e. The largest absolute Gasteiger partial charge is 0.478 e. The Morgan fingerprint density at radius 3 is 2.42 bits per heavy atom. The number of aliphatic carboxylic acids is 1. The summed E-state index contributed by atoms with van der Waals surface area (Å²) >= 11 is 0. The summed E-state index contributed by atoms with van der Waals surface area (Å²) < 4.78 is 1.77. The van der Waals surface area contributed by atoms with Crippen LogP contribution in [0, 0.1) is 11.3 Å². The summed E-state index contributed by atoms with van der Waals surface area (Å²) in [6.45, 7) is 8.95. The lowest BCUT2D eigenvalue weighted by atomic mass is 9.70. The molecular formula is C26H32N4O3. The molecule has 1 fully saturated rings. The molecule has 4 rings (SSSR count). The van der Waals surface area contributed by atoms with E-state index in [1.807, 2.05) is 19.1 Å². The van der Waals surface area contributed by atoms with Crippen molar-refractivity contribution in [2.24, 2.45) is 11.3 Å². The smallest absolute Gasteiger partial charge is 0.328 e. The molecule has 0 amide bonds. The van der Waals surface area contributed by atoms with E-state index in [-0.39, 0.29) is 5.56 Å². The van der Waals surface area contributed by atoms with Gasteiger partial charge in [-0.1, -0.05) is 52.0 Å². The number of fused-ring (bicyclic) bond motifs is 1. The van der Waals surface area contributed by atoms with Crippen LogP contribution in [0.3, 0.4) is 0 Å². The average Bonchev–Trinajstić information content (AvgIpc) is 3.17. The van der Waals surface area contributed by atoms with E-state index >= 15 is 0 Å². The number of nitrogens with zero attached hydrogens (tertiary/aromatic N) is 3. The maximum absolute atomic E-state index is 13.0. The van der Waals surface area contributed by atoms with Crippen LogP contribution in [0.25, 0.3) is 23.0 Å². The van der Waals surface area contributed by atoms with Crippen molar-refractivity contribution in [1.29, 1.82) is 0 Å². The zero-order valence-corrected chi connectivity index (χ0v) is 19.8. The third-order valence-electron chi connectivity index (χ3n) is 6.85. The van der Waals surface area contributed by atoms with Gasteiger partial charge in [0.15, 0.2) is 11.3 Å². The number of nitrogens with one attached hydrogen (secondary N) is 1. The quantitative estimate of drug-likeness (QED) is 0.531. The predicted molar refractivity (Wildman–Crippen MR) is 129 cm³/mol. The molecule has 0 radical (unpaired) electrons. The van der Waals surface area contributed by atoms with E-state index in [2.05, 4.69) is 25.8 Å². The Hall–Kier alpha value is -3.22. The lowest BCUT2D eigenvalue weighted by Gasteiger charge is -2.36. The summed E-state index contributed by atoms with van der Waals surface area (Å²) in [5, 5.41) is 13.6. The van der Waals surface area contributed by atoms with Crippen LogP contribution in [-0.4, -0.2) is 30.7 Å². The van der Waals surface area contributed by atoms with E-state index in [1.165, 1.54) is 6.08 Å². The van der Waals surface area contributed by atoms with Crippen molar-refractivity contribution in [2.75, 3.05) is 0 Å². The first-order valence-electron chi connectivity index (χ1n) is 11.7. The number of carboxylic acid groups (broad SMARTS) is 1. The number of aromatic nitrogens is 4. The number of carbonyl (C=O) groups is 1. The van der Waals surface area contributed by atoms with E-state index in [0.29, 0.717) is 35.0 Å². The summed E-state index contributed by atoms with van der Waals surface area (Å²) in [6, 6.07) is 7.27. The first-order chi connectivity index (χ1) is 15.7. The Labute approximate surface area is 193 Å². The van der Waals surface area contributed by atoms with Crippen molar-refractivity contribution in [3.05, 3.63) is 57.8 Å². The summed E-state index contributed by atoms with van der Waals surface area (Å²) in [4.78, 5) is 31.6. The molecule has 2 aromatic heterocycles. The predicted octanol–water partition coefficient (Wildman–Crippen LogP) is 5.06. The highest BCUT2D eigenvalue weighted by atomic mass is 16.4. The molecule has 2 N–H and O–H groups in total. The molecule has 0 spiro atoms. The normalized spacial score (nSPS) is 19.4. The molecule has 1 saturated carbocycles. The van der Waals surface area contributed by atoms with Gasteiger partial charge in [-0.05, 0) is 55.1 Å². The number of hydrogen-bond acceptors (Lipinski definition) is 4. The standard InChI is InChI=1S/C26H32N4O3/c1-5-20-22-25(33)28-23(17-9-6-16(7-10-17)8-15-21(31)32)29-30(22)24(27-20)18-11-13-19(14-12-18)26(2,3)4/h6-10,15,18-19H,5,11-14H2,1-4H3,(H,31,32)(H,28,29,33)/b15-8-. The van der Waals surface area contributed by atoms with Crippen LogP contribution in [0.5, 0.6) is 0 Å². The number of H-pyrrole nitrogens is 1. The average molecular weight is 449 g/mol. The molecule has 3 aromatic rings. The van der Waals surface area contributed by atoms with Gasteiger partial charge in [0, 0.05) is 17.6 Å². The second kappa shape index (κ2) is 8.96. The fourth-order valence-corrected chi connectivity index (χ4v) is 4.87. The third kappa shape index (κ3) is 4.77. The molecule has 0 aliphatic heterocycles. The summed E-state index contributed by atoms with van der Waals surface area (Å²) in [5.74, 6) is 1.37. The molecule has 0 atom stereocenters. The van der Waals surface area contributed by atoms with Crippen LogP contribution in [0.2, 0.25) is 0 Å². The van der Waals surface area contributed by atoms with Crippen LogP contribution < -0.4 is 5.56 Å². The minimum Gasteiger partial charge on any atom is -0.478 e. The zero-order chi connectivity index (χ0) is 23.8. The molecule has 0 bridgehead atoms. The number of aromatic amines is 1. The number of carboxylic acids is 1. The van der Waals surface area contributed by atoms with Gasteiger partial charge in [-0.3, -0.25) is 4.79 Å². The summed E-state index contributed by atoms with van der Waals surface area (Å²) in [5.41, 5.74) is 2.97. The Balaban J connectivity index is 1.70. The maximum atomic E-state index is 13.0. The molecule has 1 aliphatic carbocycles. The van der Waals surface area contributed by atoms with Gasteiger partial charge >= 0.3 is 5.97 Å². The molecule has 174 valence electrons. The molecule has 2 heterocycles. The number of benzene rings is 1. The fraction of sp³-hybridized carbons (Fsp3) is 0.462. The van der Waals surface area contributed by atoms with Crippen LogP contribution in [0.1, 0.15) is 76.4 Å². The summed E-state index contributed by atoms with van der Waals surface area (Å²) in [7, 11) is 0. The number of aryl methyl sites for hydroxylation is 1. The van der Waals surface area contributed by atoms with Gasteiger partial charge in [0.25, 0.3) is 5.56 Å². The van der Waals surface area contributed by atoms with Crippen molar-refractivity contribution in [3.8, 4) is 11.4 Å². The molecule has 7 heteroatoms. The number of rotatable bonds is 5. The van der Waals surface area contributed by atoms with E-state index in [9.17, 15) is 9.59 Å². The van der Waals surface area contributed by atoms with Gasteiger partial charge in [-0.25, -0.2) is 14.3 Å². The fourth-order valence-electron chi connectivity index (χ4n) is 4.87. The highest BCUT2D eigenvalue weighted by Gasteiger charge is 2.32. The number of imidazole rings is 1. The van der Waals surface area contributed by atoms with Gasteiger partial charge in [0.05, 0.1) is 5.69 Å². The number of hydrogen-bond donors (Lipinski definition) is 2. The van der Waals surface area contributed by atoms with Crippen molar-refractivity contribution in [2.45, 2.75) is 65.7 Å². The van der Waals surface area contributed by atoms with Crippen molar-refractivity contribution in [1.82, 2.24) is 19.6 Å². The monoisotopic (exact) mass is 448 g/mol. The molecule has 0 unspecified atom stereocenters. The molecule has 7 nitrogen and oxygen atoms in total. The minimum atomic E-state index is -0.994. The van der Waals surface area contributed by atoms with Gasteiger partial charge in [-0.15, -0.1) is 5.10 Å². The van der Waals surface area contributed by atoms with Gasteiger partial charge < -0.3 is 10.1 Å². The Morgan fingerprint density at radius 1 is 1.18 bits per heavy atom. The third-order valence-corrected chi connectivity index (χ3v) is 6.85. The molecule has 33 heavy (non-hydrogen) atoms. The lowest BCUT2D eigenvalue weighted by molar-refractivity contribution is -0.131. The highest BCUT2D eigenvalue weighted by molar-refractivity contribution is 5.85. The second-order valence-corrected chi connectivity index (χ2v) is 10.0. The SMILES string of the molecule is CCc1nc(C2CCC(C(C)(C)C)CC2)n2nc(-c3ccc(/C=C\C(=O)O)cc3)[nH]c(=O)c12. The molecular weight excluding hydrogens is 416 g/mol. The minimum absolute atomic E-state index is 0.186. The zero-order valence-electron chi connectivity index (χ0n) is 19.8. The van der Waals surface area contributed by atoms with Gasteiger partial charge in [-0.2, -0.15) is 0 Å². The van der Waals surface area contributed by atoms with E-state index < -0.39 is 5.97 Å². The lowest BCUT2D eigenvalue weighted by Crippen LogP contribution is -2.26. The van der Waals surface area contributed by atoms with Gasteiger partial charge in [0.1, 0.15) is 5.82 Å². The summed E-state index contributed by atoms with van der Waals surface area (Å²) in [6.07, 6.45) is 7.73.